The molecule has 3 aromatic rings. The van der Waals surface area contributed by atoms with Crippen LogP contribution < -0.4 is 5.32 Å². The van der Waals surface area contributed by atoms with Crippen molar-refractivity contribution in [2.75, 3.05) is 5.32 Å². The summed E-state index contributed by atoms with van der Waals surface area (Å²) in [5, 5.41) is 3.05. The number of carbonyl (C=O) groups is 2. The summed E-state index contributed by atoms with van der Waals surface area (Å²) in [7, 11) is 0. The third-order valence-electron chi connectivity index (χ3n) is 5.39. The zero-order valence-corrected chi connectivity index (χ0v) is 22.2. The van der Waals surface area contributed by atoms with Crippen LogP contribution in [0.1, 0.15) is 27.4 Å². The lowest BCUT2D eigenvalue weighted by Gasteiger charge is -2.09. The van der Waals surface area contributed by atoms with E-state index < -0.39 is 10.3 Å². The molecule has 1 fully saturated rings. The zero-order valence-electron chi connectivity index (χ0n) is 16.7. The van der Waals surface area contributed by atoms with E-state index in [1.54, 1.807) is 24.3 Å². The summed E-state index contributed by atoms with van der Waals surface area (Å²) in [6.45, 7) is 0. The Morgan fingerprint density at radius 1 is 0.970 bits per heavy atom. The maximum Gasteiger partial charge on any atom is 0.231 e. The highest BCUT2D eigenvalue weighted by molar-refractivity contribution is 9.11. The minimum absolute atomic E-state index is 0.0479. The summed E-state index contributed by atoms with van der Waals surface area (Å²) >= 11 is 26.0. The van der Waals surface area contributed by atoms with Gasteiger partial charge in [-0.25, -0.2) is 4.39 Å². The molecule has 0 heterocycles. The van der Waals surface area contributed by atoms with E-state index in [2.05, 4.69) is 37.2 Å². The number of carbonyl (C=O) groups excluding carboxylic acids is 2. The van der Waals surface area contributed by atoms with E-state index in [0.29, 0.717) is 11.3 Å². The molecular weight excluding hydrogens is 619 g/mol. The first-order valence-corrected chi connectivity index (χ1v) is 12.5. The van der Waals surface area contributed by atoms with E-state index in [0.717, 1.165) is 14.5 Å². The molecule has 0 bridgehead atoms. The standard InChI is InChI=1S/C24H15Br2Cl3FNO2/c25-14-8-13(9-15(26)10-14)21-22(24(21,28)29)23(33)31-17-5-6-19(27)18(11-17)20(32)7-12-1-3-16(30)4-2-12/h1-6,8-11,21-22H,7H2,(H,31,33). The van der Waals surface area contributed by atoms with Crippen molar-refractivity contribution in [3.05, 3.63) is 97.1 Å². The number of anilines is 1. The highest BCUT2D eigenvalue weighted by atomic mass is 79.9. The highest BCUT2D eigenvalue weighted by Gasteiger charge is 2.67. The van der Waals surface area contributed by atoms with E-state index in [4.69, 9.17) is 34.8 Å². The molecule has 1 aliphatic rings. The Hall–Kier alpha value is -1.44. The quantitative estimate of drug-likeness (QED) is 0.221. The minimum Gasteiger partial charge on any atom is -0.326 e. The van der Waals surface area contributed by atoms with Gasteiger partial charge in [-0.05, 0) is 59.7 Å². The molecule has 2 unspecified atom stereocenters. The van der Waals surface area contributed by atoms with Crippen LogP contribution in [0.15, 0.2) is 69.6 Å². The molecule has 2 atom stereocenters. The molecule has 33 heavy (non-hydrogen) atoms. The Kier molecular flexibility index (Phi) is 7.23. The molecule has 1 aliphatic carbocycles. The van der Waals surface area contributed by atoms with Crippen LogP contribution in [0, 0.1) is 11.7 Å². The molecule has 0 aliphatic heterocycles. The number of ketones is 1. The molecule has 3 aromatic carbocycles. The number of rotatable bonds is 6. The molecule has 0 radical (unpaired) electrons. The maximum atomic E-state index is 13.1. The van der Waals surface area contributed by atoms with Crippen LogP contribution >= 0.6 is 66.7 Å². The zero-order chi connectivity index (χ0) is 23.9. The van der Waals surface area contributed by atoms with E-state index in [1.165, 1.54) is 18.2 Å². The van der Waals surface area contributed by atoms with Gasteiger partial charge in [-0.2, -0.15) is 0 Å². The summed E-state index contributed by atoms with van der Waals surface area (Å²) in [4.78, 5) is 25.7. The van der Waals surface area contributed by atoms with Gasteiger partial charge in [0.05, 0.1) is 10.9 Å². The van der Waals surface area contributed by atoms with Crippen LogP contribution in [0.5, 0.6) is 0 Å². The molecule has 170 valence electrons. The van der Waals surface area contributed by atoms with Gasteiger partial charge in [0.2, 0.25) is 5.91 Å². The Balaban J connectivity index is 1.50. The van der Waals surface area contributed by atoms with Gasteiger partial charge in [-0.15, -0.1) is 23.2 Å². The number of hydrogen-bond acceptors (Lipinski definition) is 2. The second kappa shape index (κ2) is 9.67. The third kappa shape index (κ3) is 5.46. The van der Waals surface area contributed by atoms with Crippen molar-refractivity contribution in [1.82, 2.24) is 0 Å². The van der Waals surface area contributed by atoms with Crippen molar-refractivity contribution in [2.45, 2.75) is 16.7 Å². The van der Waals surface area contributed by atoms with Gasteiger partial charge in [-0.1, -0.05) is 55.6 Å². The number of amides is 1. The SMILES string of the molecule is O=C(Cc1ccc(F)cc1)c1cc(NC(=O)C2C(c3cc(Br)cc(Br)c3)C2(Cl)Cl)ccc1Cl. The largest absolute Gasteiger partial charge is 0.326 e. The molecule has 0 aromatic heterocycles. The second-order valence-electron chi connectivity index (χ2n) is 7.74. The number of benzene rings is 3. The fourth-order valence-corrected chi connectivity index (χ4v) is 6.12. The van der Waals surface area contributed by atoms with Crippen molar-refractivity contribution in [1.29, 1.82) is 0 Å². The van der Waals surface area contributed by atoms with Gasteiger partial charge < -0.3 is 5.32 Å². The monoisotopic (exact) mass is 631 g/mol. The summed E-state index contributed by atoms with van der Waals surface area (Å²) < 4.78 is 13.5. The highest BCUT2D eigenvalue weighted by Crippen LogP contribution is 2.65. The van der Waals surface area contributed by atoms with E-state index in [-0.39, 0.29) is 40.4 Å². The van der Waals surface area contributed by atoms with Crippen LogP contribution in [0.4, 0.5) is 10.1 Å². The smallest absolute Gasteiger partial charge is 0.231 e. The first-order valence-electron chi connectivity index (χ1n) is 9.78. The van der Waals surface area contributed by atoms with Gasteiger partial charge in [-0.3, -0.25) is 9.59 Å². The minimum atomic E-state index is -1.25. The molecule has 0 spiro atoms. The fourth-order valence-electron chi connectivity index (χ4n) is 3.74. The summed E-state index contributed by atoms with van der Waals surface area (Å²) in [5.41, 5.74) is 2.14. The normalized spacial score (nSPS) is 18.6. The molecule has 3 nitrogen and oxygen atoms in total. The molecular formula is C24H15Br2Cl3FNO2. The average Bonchev–Trinajstić information content (AvgIpc) is 3.32. The lowest BCUT2D eigenvalue weighted by Crippen LogP contribution is -2.17. The van der Waals surface area contributed by atoms with Gasteiger partial charge in [0.1, 0.15) is 10.2 Å². The van der Waals surface area contributed by atoms with Crippen LogP contribution in [0.25, 0.3) is 0 Å². The molecule has 0 saturated heterocycles. The number of alkyl halides is 2. The van der Waals surface area contributed by atoms with E-state index >= 15 is 0 Å². The predicted octanol–water partition coefficient (Wildman–Crippen LogP) is 7.96. The van der Waals surface area contributed by atoms with Crippen LogP contribution in [0.2, 0.25) is 5.02 Å². The third-order valence-corrected chi connectivity index (χ3v) is 7.58. The van der Waals surface area contributed by atoms with Crippen LogP contribution in [-0.2, 0) is 11.2 Å². The van der Waals surface area contributed by atoms with Gasteiger partial charge in [0.25, 0.3) is 0 Å². The van der Waals surface area contributed by atoms with Gasteiger partial charge >= 0.3 is 0 Å². The molecule has 1 amide bonds. The van der Waals surface area contributed by atoms with E-state index in [1.807, 2.05) is 18.2 Å². The number of nitrogens with one attached hydrogen (secondary N) is 1. The second-order valence-corrected chi connectivity index (χ2v) is 11.4. The van der Waals surface area contributed by atoms with Crippen LogP contribution in [0.3, 0.4) is 0 Å². The Morgan fingerprint density at radius 3 is 2.24 bits per heavy atom. The van der Waals surface area contributed by atoms with E-state index in [9.17, 15) is 14.0 Å². The van der Waals surface area contributed by atoms with Crippen molar-refractivity contribution >= 4 is 84.0 Å². The Labute approximate surface area is 221 Å². The van der Waals surface area contributed by atoms with Crippen molar-refractivity contribution in [2.24, 2.45) is 5.92 Å². The molecule has 1 N–H and O–H groups in total. The van der Waals surface area contributed by atoms with Crippen molar-refractivity contribution < 1.29 is 14.0 Å². The predicted molar refractivity (Wildman–Crippen MR) is 137 cm³/mol. The molecule has 4 rings (SSSR count). The Bertz CT molecular complexity index is 1230. The first kappa shape index (κ1) is 24.7. The van der Waals surface area contributed by atoms with Gasteiger partial charge in [0.15, 0.2) is 5.78 Å². The topological polar surface area (TPSA) is 46.2 Å². The molecule has 1 saturated carbocycles. The lowest BCUT2D eigenvalue weighted by molar-refractivity contribution is -0.117. The molecule has 9 heteroatoms. The number of Topliss-reactive ketones (excluding diaryl/α,β-unsaturated/α-hetero) is 1. The first-order chi connectivity index (χ1) is 15.6. The summed E-state index contributed by atoms with van der Waals surface area (Å²) in [6, 6.07) is 16.0. The maximum absolute atomic E-state index is 13.1. The average molecular weight is 635 g/mol. The lowest BCUT2D eigenvalue weighted by atomic mass is 10.0. The van der Waals surface area contributed by atoms with Gasteiger partial charge in [0, 0.05) is 32.5 Å². The van der Waals surface area contributed by atoms with Crippen molar-refractivity contribution in [3.63, 3.8) is 0 Å². The fraction of sp³-hybridized carbons (Fsp3) is 0.167. The summed E-state index contributed by atoms with van der Waals surface area (Å²) in [6.07, 6.45) is 0.0479. The number of hydrogen-bond donors (Lipinski definition) is 1. The van der Waals surface area contributed by atoms with Crippen molar-refractivity contribution in [3.8, 4) is 0 Å². The van der Waals surface area contributed by atoms with Crippen LogP contribution in [-0.4, -0.2) is 16.0 Å². The summed E-state index contributed by atoms with van der Waals surface area (Å²) in [5.74, 6) is -2.05. The number of halogens is 6. The Morgan fingerprint density at radius 2 is 1.61 bits per heavy atom.